The number of hydrogen-bond acceptors (Lipinski definition) is 2. The minimum absolute atomic E-state index is 0.0652. The van der Waals surface area contributed by atoms with Crippen LogP contribution in [0.1, 0.15) is 32.8 Å². The van der Waals surface area contributed by atoms with Gasteiger partial charge in [0.1, 0.15) is 0 Å². The molecule has 0 saturated heterocycles. The zero-order valence-electron chi connectivity index (χ0n) is 11.4. The normalized spacial score (nSPS) is 12.4. The topological polar surface area (TPSA) is 37.4 Å². The summed E-state index contributed by atoms with van der Waals surface area (Å²) in [7, 11) is -3.47. The Balaban J connectivity index is 3.25. The molecule has 0 spiro atoms. The standard InChI is InChI=1S/C13H19BrClNO2S/c1-4-7-16(10(2)3)19(17,18)13-6-5-11(9-15)8-12(13)14/h5-6,8,10H,4,7,9H2,1-3H3. The number of hydrogen-bond donors (Lipinski definition) is 0. The SMILES string of the molecule is CCCN(C(C)C)S(=O)(=O)c1ccc(CCl)cc1Br. The van der Waals surface area contributed by atoms with E-state index in [1.54, 1.807) is 18.2 Å². The zero-order chi connectivity index (χ0) is 14.6. The number of sulfonamides is 1. The van der Waals surface area contributed by atoms with E-state index in [1.807, 2.05) is 20.8 Å². The van der Waals surface area contributed by atoms with Gasteiger partial charge in [-0.3, -0.25) is 0 Å². The predicted octanol–water partition coefficient (Wildman–Crippen LogP) is 4.00. The lowest BCUT2D eigenvalue weighted by molar-refractivity contribution is 0.354. The van der Waals surface area contributed by atoms with Crippen molar-refractivity contribution in [1.82, 2.24) is 4.31 Å². The highest BCUT2D eigenvalue weighted by Gasteiger charge is 2.28. The second-order valence-corrected chi connectivity index (χ2v) is 7.59. The Morgan fingerprint density at radius 2 is 2.00 bits per heavy atom. The Bertz CT molecular complexity index is 531. The van der Waals surface area contributed by atoms with Crippen molar-refractivity contribution in [3.8, 4) is 0 Å². The van der Waals surface area contributed by atoms with Gasteiger partial charge < -0.3 is 0 Å². The second-order valence-electron chi connectivity index (χ2n) is 4.61. The van der Waals surface area contributed by atoms with Gasteiger partial charge >= 0.3 is 0 Å². The first kappa shape index (κ1) is 17.0. The van der Waals surface area contributed by atoms with E-state index < -0.39 is 10.0 Å². The maximum Gasteiger partial charge on any atom is 0.244 e. The summed E-state index contributed by atoms with van der Waals surface area (Å²) in [6, 6.07) is 5.05. The van der Waals surface area contributed by atoms with E-state index in [9.17, 15) is 8.42 Å². The van der Waals surface area contributed by atoms with Crippen LogP contribution in [0.5, 0.6) is 0 Å². The molecule has 6 heteroatoms. The predicted molar refractivity (Wildman–Crippen MR) is 83.0 cm³/mol. The van der Waals surface area contributed by atoms with Gasteiger partial charge in [0, 0.05) is 22.9 Å². The second kappa shape index (κ2) is 7.07. The van der Waals surface area contributed by atoms with Gasteiger partial charge in [-0.25, -0.2) is 8.42 Å². The van der Waals surface area contributed by atoms with Crippen molar-refractivity contribution >= 4 is 37.6 Å². The van der Waals surface area contributed by atoms with Crippen molar-refractivity contribution < 1.29 is 8.42 Å². The Morgan fingerprint density at radius 3 is 2.42 bits per heavy atom. The molecule has 0 aliphatic rings. The molecule has 1 rings (SSSR count). The lowest BCUT2D eigenvalue weighted by atomic mass is 10.2. The highest BCUT2D eigenvalue weighted by atomic mass is 79.9. The summed E-state index contributed by atoms with van der Waals surface area (Å²) in [5.74, 6) is 0.363. The van der Waals surface area contributed by atoms with E-state index >= 15 is 0 Å². The fourth-order valence-corrected chi connectivity index (χ4v) is 4.82. The number of nitrogens with zero attached hydrogens (tertiary/aromatic N) is 1. The summed E-state index contributed by atoms with van der Waals surface area (Å²) in [4.78, 5) is 0.295. The van der Waals surface area contributed by atoms with E-state index in [0.717, 1.165) is 12.0 Å². The third-order valence-corrected chi connectivity index (χ3v) is 6.12. The van der Waals surface area contributed by atoms with Crippen LogP contribution in [0.4, 0.5) is 0 Å². The van der Waals surface area contributed by atoms with Crippen LogP contribution in [0.3, 0.4) is 0 Å². The van der Waals surface area contributed by atoms with Crippen molar-refractivity contribution in [2.45, 2.75) is 44.0 Å². The Kier molecular flexibility index (Phi) is 6.30. The summed E-state index contributed by atoms with van der Waals surface area (Å²) in [5.41, 5.74) is 0.888. The van der Waals surface area contributed by atoms with E-state index in [0.29, 0.717) is 21.8 Å². The zero-order valence-corrected chi connectivity index (χ0v) is 14.5. The molecule has 0 amide bonds. The minimum atomic E-state index is -3.47. The quantitative estimate of drug-likeness (QED) is 0.712. The fraction of sp³-hybridized carbons (Fsp3) is 0.538. The molecule has 0 atom stereocenters. The molecule has 1 aromatic carbocycles. The molecule has 0 aliphatic heterocycles. The summed E-state index contributed by atoms with van der Waals surface area (Å²) >= 11 is 9.08. The molecular weight excluding hydrogens is 350 g/mol. The summed E-state index contributed by atoms with van der Waals surface area (Å²) in [6.45, 7) is 6.25. The van der Waals surface area contributed by atoms with E-state index in [1.165, 1.54) is 4.31 Å². The number of benzene rings is 1. The molecule has 19 heavy (non-hydrogen) atoms. The van der Waals surface area contributed by atoms with Gasteiger partial charge in [0.05, 0.1) is 4.90 Å². The van der Waals surface area contributed by atoms with Crippen LogP contribution in [0.25, 0.3) is 0 Å². The van der Waals surface area contributed by atoms with Crippen molar-refractivity contribution in [1.29, 1.82) is 0 Å². The van der Waals surface area contributed by atoms with Gasteiger partial charge in [0.15, 0.2) is 0 Å². The van der Waals surface area contributed by atoms with Crippen molar-refractivity contribution in [3.05, 3.63) is 28.2 Å². The lowest BCUT2D eigenvalue weighted by Crippen LogP contribution is -2.37. The maximum atomic E-state index is 12.6. The maximum absolute atomic E-state index is 12.6. The molecule has 0 N–H and O–H groups in total. The minimum Gasteiger partial charge on any atom is -0.207 e. The average molecular weight is 369 g/mol. The molecule has 108 valence electrons. The van der Waals surface area contributed by atoms with Gasteiger partial charge in [-0.05, 0) is 53.9 Å². The molecular formula is C13H19BrClNO2S. The van der Waals surface area contributed by atoms with Crippen LogP contribution < -0.4 is 0 Å². The van der Waals surface area contributed by atoms with Crippen LogP contribution in [-0.4, -0.2) is 25.3 Å². The Hall–Kier alpha value is -0.100. The number of halogens is 2. The molecule has 1 aromatic rings. The van der Waals surface area contributed by atoms with Crippen LogP contribution in [0.2, 0.25) is 0 Å². The number of alkyl halides is 1. The number of rotatable bonds is 6. The third-order valence-electron chi connectivity index (χ3n) is 2.76. The molecule has 0 saturated carbocycles. The monoisotopic (exact) mass is 367 g/mol. The molecule has 3 nitrogen and oxygen atoms in total. The van der Waals surface area contributed by atoms with Gasteiger partial charge in [-0.1, -0.05) is 13.0 Å². The first-order chi connectivity index (χ1) is 8.84. The van der Waals surface area contributed by atoms with E-state index in [-0.39, 0.29) is 6.04 Å². The van der Waals surface area contributed by atoms with Crippen LogP contribution >= 0.6 is 27.5 Å². The van der Waals surface area contributed by atoms with Crippen LogP contribution in [0.15, 0.2) is 27.6 Å². The molecule has 0 unspecified atom stereocenters. The Morgan fingerprint density at radius 1 is 1.37 bits per heavy atom. The van der Waals surface area contributed by atoms with Crippen molar-refractivity contribution in [3.63, 3.8) is 0 Å². The smallest absolute Gasteiger partial charge is 0.207 e. The van der Waals surface area contributed by atoms with Gasteiger partial charge in [-0.15, -0.1) is 11.6 Å². The van der Waals surface area contributed by atoms with E-state index in [2.05, 4.69) is 15.9 Å². The summed E-state index contributed by atoms with van der Waals surface area (Å²) in [5, 5.41) is 0. The Labute approximate surface area is 129 Å². The third kappa shape index (κ3) is 3.94. The molecule has 0 aromatic heterocycles. The average Bonchev–Trinajstić information content (AvgIpc) is 2.34. The highest BCUT2D eigenvalue weighted by Crippen LogP contribution is 2.28. The van der Waals surface area contributed by atoms with Crippen molar-refractivity contribution in [2.75, 3.05) is 6.54 Å². The molecule has 0 aliphatic carbocycles. The van der Waals surface area contributed by atoms with Gasteiger partial charge in [-0.2, -0.15) is 4.31 Å². The fourth-order valence-electron chi connectivity index (χ4n) is 1.84. The highest BCUT2D eigenvalue weighted by molar-refractivity contribution is 9.10. The van der Waals surface area contributed by atoms with Gasteiger partial charge in [0.25, 0.3) is 0 Å². The van der Waals surface area contributed by atoms with Crippen LogP contribution in [0, 0.1) is 0 Å². The summed E-state index contributed by atoms with van der Waals surface area (Å²) in [6.07, 6.45) is 0.787. The molecule has 0 radical (unpaired) electrons. The molecule has 0 bridgehead atoms. The first-order valence-corrected chi connectivity index (χ1v) is 8.97. The summed E-state index contributed by atoms with van der Waals surface area (Å²) < 4.78 is 27.4. The lowest BCUT2D eigenvalue weighted by Gasteiger charge is -2.26. The van der Waals surface area contributed by atoms with Gasteiger partial charge in [0.2, 0.25) is 10.0 Å². The molecule has 0 fully saturated rings. The van der Waals surface area contributed by atoms with Crippen molar-refractivity contribution in [2.24, 2.45) is 0 Å². The van der Waals surface area contributed by atoms with E-state index in [4.69, 9.17) is 11.6 Å². The largest absolute Gasteiger partial charge is 0.244 e. The van der Waals surface area contributed by atoms with Crippen LogP contribution in [-0.2, 0) is 15.9 Å². The molecule has 0 heterocycles. The first-order valence-electron chi connectivity index (χ1n) is 6.20.